The number of hydrogen-bond donors (Lipinski definition) is 2. The molecule has 0 spiro atoms. The van der Waals surface area contributed by atoms with E-state index in [0.717, 1.165) is 11.3 Å². The van der Waals surface area contributed by atoms with Crippen LogP contribution in [-0.2, 0) is 14.3 Å². The summed E-state index contributed by atoms with van der Waals surface area (Å²) < 4.78 is 10.8. The van der Waals surface area contributed by atoms with E-state index in [2.05, 4.69) is 23.3 Å². The molecule has 164 valence electrons. The molecule has 0 saturated carbocycles. The summed E-state index contributed by atoms with van der Waals surface area (Å²) in [5.41, 5.74) is 2.79. The number of dihydropyridines is 1. The number of hydrogen-bond acceptors (Lipinski definition) is 7. The van der Waals surface area contributed by atoms with Crippen LogP contribution in [0.3, 0.4) is 0 Å². The van der Waals surface area contributed by atoms with Crippen molar-refractivity contribution in [3.63, 3.8) is 0 Å². The lowest BCUT2D eigenvalue weighted by atomic mass is 9.86. The van der Waals surface area contributed by atoms with E-state index in [1.54, 1.807) is 19.1 Å². The van der Waals surface area contributed by atoms with Crippen molar-refractivity contribution in [2.24, 2.45) is 0 Å². The van der Waals surface area contributed by atoms with Gasteiger partial charge in [0.15, 0.2) is 0 Å². The number of furan rings is 1. The Morgan fingerprint density at radius 1 is 1.31 bits per heavy atom. The third kappa shape index (κ3) is 5.13. The second kappa shape index (κ2) is 10.6. The van der Waals surface area contributed by atoms with Crippen LogP contribution in [-0.4, -0.2) is 24.2 Å². The number of thioether (sulfide) groups is 1. The van der Waals surface area contributed by atoms with E-state index in [4.69, 9.17) is 9.15 Å². The molecule has 1 aromatic heterocycles. The van der Waals surface area contributed by atoms with Gasteiger partial charge in [-0.3, -0.25) is 4.79 Å². The maximum atomic E-state index is 12.7. The number of esters is 1. The maximum absolute atomic E-state index is 12.7. The van der Waals surface area contributed by atoms with Crippen LogP contribution in [0.5, 0.6) is 0 Å². The quantitative estimate of drug-likeness (QED) is 0.455. The molecule has 1 atom stereocenters. The molecule has 1 aromatic carbocycles. The van der Waals surface area contributed by atoms with Gasteiger partial charge in [0.2, 0.25) is 5.91 Å². The lowest BCUT2D eigenvalue weighted by Crippen LogP contribution is -2.29. The lowest BCUT2D eigenvalue weighted by Gasteiger charge is -2.27. The van der Waals surface area contributed by atoms with Crippen LogP contribution in [0, 0.1) is 18.3 Å². The van der Waals surface area contributed by atoms with Crippen molar-refractivity contribution in [3.8, 4) is 6.07 Å². The highest BCUT2D eigenvalue weighted by atomic mass is 32.2. The van der Waals surface area contributed by atoms with Gasteiger partial charge in [-0.15, -0.1) is 0 Å². The van der Waals surface area contributed by atoms with Crippen LogP contribution in [0.4, 0.5) is 5.69 Å². The minimum atomic E-state index is -0.740. The van der Waals surface area contributed by atoms with E-state index in [9.17, 15) is 14.9 Å². The number of carbonyl (C=O) groups is 2. The number of anilines is 1. The van der Waals surface area contributed by atoms with Crippen LogP contribution in [0.25, 0.3) is 0 Å². The SMILES string of the molecule is C=CCOC(=O)C1=C(C)NC(SCC(=O)Nc2ccccc2C)=C(C#N)[C@H]1c1ccco1. The number of amides is 1. The van der Waals surface area contributed by atoms with Gasteiger partial charge in [-0.05, 0) is 37.6 Å². The summed E-state index contributed by atoms with van der Waals surface area (Å²) in [4.78, 5) is 25.2. The Balaban J connectivity index is 1.85. The van der Waals surface area contributed by atoms with Gasteiger partial charge in [0.05, 0.1) is 40.2 Å². The average Bonchev–Trinajstić information content (AvgIpc) is 3.31. The largest absolute Gasteiger partial charge is 0.468 e. The first-order valence-electron chi connectivity index (χ1n) is 9.88. The Labute approximate surface area is 190 Å². The first-order chi connectivity index (χ1) is 15.5. The number of allylic oxidation sites excluding steroid dienone is 2. The van der Waals surface area contributed by atoms with E-state index in [0.29, 0.717) is 16.5 Å². The topological polar surface area (TPSA) is 104 Å². The smallest absolute Gasteiger partial charge is 0.337 e. The highest BCUT2D eigenvalue weighted by molar-refractivity contribution is 8.03. The maximum Gasteiger partial charge on any atom is 0.337 e. The van der Waals surface area contributed by atoms with Crippen LogP contribution in [0.1, 0.15) is 24.2 Å². The number of nitriles is 1. The van der Waals surface area contributed by atoms with Crippen molar-refractivity contribution in [1.82, 2.24) is 5.32 Å². The Bertz CT molecular complexity index is 1130. The molecule has 2 heterocycles. The molecule has 0 aliphatic carbocycles. The predicted octanol–water partition coefficient (Wildman–Crippen LogP) is 4.39. The molecule has 0 saturated heterocycles. The van der Waals surface area contributed by atoms with Crippen LogP contribution in [0.2, 0.25) is 0 Å². The highest BCUT2D eigenvalue weighted by Gasteiger charge is 2.37. The highest BCUT2D eigenvalue weighted by Crippen LogP contribution is 2.41. The first kappa shape index (κ1) is 23.0. The second-order valence-electron chi connectivity index (χ2n) is 7.01. The Morgan fingerprint density at radius 3 is 2.75 bits per heavy atom. The Kier molecular flexibility index (Phi) is 7.58. The lowest BCUT2D eigenvalue weighted by molar-refractivity contribution is -0.138. The fourth-order valence-electron chi connectivity index (χ4n) is 3.29. The molecule has 7 nitrogen and oxygen atoms in total. The van der Waals surface area contributed by atoms with Gasteiger partial charge in [0, 0.05) is 11.4 Å². The third-order valence-corrected chi connectivity index (χ3v) is 5.81. The molecule has 1 aliphatic heterocycles. The molecule has 0 fully saturated rings. The van der Waals surface area contributed by atoms with Gasteiger partial charge in [-0.25, -0.2) is 4.79 Å². The first-order valence-corrected chi connectivity index (χ1v) is 10.9. The molecule has 0 unspecified atom stereocenters. The minimum absolute atomic E-state index is 0.0484. The number of benzene rings is 1. The Morgan fingerprint density at radius 2 is 2.09 bits per heavy atom. The van der Waals surface area contributed by atoms with Gasteiger partial charge in [-0.1, -0.05) is 42.6 Å². The molecule has 0 radical (unpaired) electrons. The van der Waals surface area contributed by atoms with E-state index in [-0.39, 0.29) is 29.4 Å². The summed E-state index contributed by atoms with van der Waals surface area (Å²) in [6.07, 6.45) is 2.96. The van der Waals surface area contributed by atoms with E-state index < -0.39 is 11.9 Å². The van der Waals surface area contributed by atoms with Gasteiger partial charge < -0.3 is 19.8 Å². The minimum Gasteiger partial charge on any atom is -0.468 e. The van der Waals surface area contributed by atoms with Crippen molar-refractivity contribution in [2.75, 3.05) is 17.7 Å². The van der Waals surface area contributed by atoms with Gasteiger partial charge in [0.1, 0.15) is 12.4 Å². The van der Waals surface area contributed by atoms with E-state index in [1.807, 2.05) is 31.2 Å². The molecule has 8 heteroatoms. The fraction of sp³-hybridized carbons (Fsp3) is 0.208. The zero-order chi connectivity index (χ0) is 23.1. The molecule has 2 N–H and O–H groups in total. The monoisotopic (exact) mass is 449 g/mol. The summed E-state index contributed by atoms with van der Waals surface area (Å²) in [5, 5.41) is 16.4. The summed E-state index contributed by atoms with van der Waals surface area (Å²) in [6.45, 7) is 7.24. The zero-order valence-corrected chi connectivity index (χ0v) is 18.6. The number of ether oxygens (including phenoxy) is 1. The van der Waals surface area contributed by atoms with Crippen molar-refractivity contribution < 1.29 is 18.7 Å². The van der Waals surface area contributed by atoms with Crippen molar-refractivity contribution in [3.05, 3.63) is 88.5 Å². The summed E-state index contributed by atoms with van der Waals surface area (Å²) in [6, 6.07) is 13.1. The number of carbonyl (C=O) groups excluding carboxylic acids is 2. The second-order valence-corrected chi connectivity index (χ2v) is 7.99. The number of aryl methyl sites for hydroxylation is 1. The number of para-hydroxylation sites is 1. The fourth-order valence-corrected chi connectivity index (χ4v) is 4.18. The predicted molar refractivity (Wildman–Crippen MR) is 123 cm³/mol. The summed E-state index contributed by atoms with van der Waals surface area (Å²) in [7, 11) is 0. The van der Waals surface area contributed by atoms with Crippen molar-refractivity contribution >= 4 is 29.3 Å². The van der Waals surface area contributed by atoms with Gasteiger partial charge in [-0.2, -0.15) is 5.26 Å². The van der Waals surface area contributed by atoms with Crippen LogP contribution < -0.4 is 10.6 Å². The van der Waals surface area contributed by atoms with Crippen molar-refractivity contribution in [1.29, 1.82) is 5.26 Å². The standard InChI is InChI=1S/C24H23N3O4S/c1-4-11-31-24(29)21-16(3)26-23(17(13-25)22(21)19-10-7-12-30-19)32-14-20(28)27-18-9-6-5-8-15(18)2/h4-10,12,22,26H,1,11,14H2,2-3H3,(H,27,28)/t22-/m0/s1. The van der Waals surface area contributed by atoms with Crippen molar-refractivity contribution in [2.45, 2.75) is 19.8 Å². The van der Waals surface area contributed by atoms with Gasteiger partial charge in [0.25, 0.3) is 0 Å². The zero-order valence-electron chi connectivity index (χ0n) is 17.8. The number of nitrogens with zero attached hydrogens (tertiary/aromatic N) is 1. The molecular formula is C24H23N3O4S. The van der Waals surface area contributed by atoms with Gasteiger partial charge >= 0.3 is 5.97 Å². The normalized spacial score (nSPS) is 15.6. The van der Waals surface area contributed by atoms with Crippen LogP contribution >= 0.6 is 11.8 Å². The summed E-state index contributed by atoms with van der Waals surface area (Å²) in [5.74, 6) is -0.990. The molecule has 0 bridgehead atoms. The molecule has 3 rings (SSSR count). The Hall–Kier alpha value is -3.70. The molecule has 1 amide bonds. The molecule has 32 heavy (non-hydrogen) atoms. The van der Waals surface area contributed by atoms with E-state index in [1.165, 1.54) is 24.1 Å². The third-order valence-electron chi connectivity index (χ3n) is 4.79. The van der Waals surface area contributed by atoms with Crippen LogP contribution in [0.15, 0.2) is 81.6 Å². The molecule has 1 aliphatic rings. The average molecular weight is 450 g/mol. The molecular weight excluding hydrogens is 426 g/mol. The number of nitrogens with one attached hydrogen (secondary N) is 2. The van der Waals surface area contributed by atoms with E-state index >= 15 is 0 Å². The molecule has 2 aromatic rings. The number of rotatable bonds is 8. The summed E-state index contributed by atoms with van der Waals surface area (Å²) >= 11 is 1.19.